The van der Waals surface area contributed by atoms with Crippen molar-refractivity contribution in [3.05, 3.63) is 28.2 Å². The van der Waals surface area contributed by atoms with E-state index in [4.69, 9.17) is 0 Å². The van der Waals surface area contributed by atoms with Gasteiger partial charge in [0, 0.05) is 17.6 Å². The van der Waals surface area contributed by atoms with Crippen molar-refractivity contribution in [2.45, 2.75) is 32.6 Å². The molecule has 1 aromatic carbocycles. The first-order chi connectivity index (χ1) is 9.00. The number of aryl methyl sites for hydroxylation is 1. The van der Waals surface area contributed by atoms with Crippen molar-refractivity contribution in [1.82, 2.24) is 4.31 Å². The molecule has 0 atom stereocenters. The normalized spacial score (nSPS) is 18.0. The van der Waals surface area contributed by atoms with Crippen LogP contribution in [0.5, 0.6) is 0 Å². The molecule has 0 aliphatic carbocycles. The van der Waals surface area contributed by atoms with E-state index < -0.39 is 10.2 Å². The van der Waals surface area contributed by atoms with Gasteiger partial charge in [-0.1, -0.05) is 25.0 Å². The van der Waals surface area contributed by atoms with Gasteiger partial charge < -0.3 is 0 Å². The van der Waals surface area contributed by atoms with Crippen LogP contribution in [0.1, 0.15) is 31.2 Å². The molecule has 1 aliphatic rings. The van der Waals surface area contributed by atoms with E-state index in [1.54, 1.807) is 10.4 Å². The molecule has 1 heterocycles. The Hall–Kier alpha value is -0.590. The van der Waals surface area contributed by atoms with Gasteiger partial charge in [-0.05, 0) is 47.3 Å². The summed E-state index contributed by atoms with van der Waals surface area (Å²) >= 11 is 3.43. The standard InChI is InChI=1S/C13H19BrN2O2S/c1-11-7-6-8-12(13(11)14)15-19(17,18)16-9-4-2-3-5-10-16/h6-8,15H,2-5,9-10H2,1H3. The third-order valence-electron chi connectivity index (χ3n) is 3.34. The molecule has 106 valence electrons. The molecule has 1 saturated heterocycles. The summed E-state index contributed by atoms with van der Waals surface area (Å²) in [5.41, 5.74) is 1.61. The first-order valence-electron chi connectivity index (χ1n) is 6.54. The largest absolute Gasteiger partial charge is 0.301 e. The van der Waals surface area contributed by atoms with Gasteiger partial charge in [-0.25, -0.2) is 0 Å². The van der Waals surface area contributed by atoms with Crippen LogP contribution in [0.25, 0.3) is 0 Å². The third kappa shape index (κ3) is 3.70. The Kier molecular flexibility index (Phi) is 4.86. The number of hydrogen-bond donors (Lipinski definition) is 1. The lowest BCUT2D eigenvalue weighted by molar-refractivity contribution is 0.427. The molecule has 4 nitrogen and oxygen atoms in total. The SMILES string of the molecule is Cc1cccc(NS(=O)(=O)N2CCCCCC2)c1Br. The van der Waals surface area contributed by atoms with Crippen molar-refractivity contribution < 1.29 is 8.42 Å². The minimum atomic E-state index is -3.45. The molecule has 1 N–H and O–H groups in total. The minimum Gasteiger partial charge on any atom is -0.270 e. The van der Waals surface area contributed by atoms with Gasteiger partial charge in [-0.3, -0.25) is 4.72 Å². The Bertz CT molecular complexity index is 538. The van der Waals surface area contributed by atoms with Crippen molar-refractivity contribution >= 4 is 31.8 Å². The fourth-order valence-electron chi connectivity index (χ4n) is 2.21. The lowest BCUT2D eigenvalue weighted by Crippen LogP contribution is -2.36. The molecule has 0 radical (unpaired) electrons. The van der Waals surface area contributed by atoms with Gasteiger partial charge in [0.2, 0.25) is 0 Å². The number of benzene rings is 1. The van der Waals surface area contributed by atoms with Gasteiger partial charge in [0.25, 0.3) is 0 Å². The van der Waals surface area contributed by atoms with Gasteiger partial charge in [0.1, 0.15) is 0 Å². The van der Waals surface area contributed by atoms with E-state index in [1.807, 2.05) is 19.1 Å². The van der Waals surface area contributed by atoms with E-state index in [-0.39, 0.29) is 0 Å². The molecule has 19 heavy (non-hydrogen) atoms. The van der Waals surface area contributed by atoms with Crippen molar-refractivity contribution in [2.75, 3.05) is 17.8 Å². The van der Waals surface area contributed by atoms with Gasteiger partial charge in [0.15, 0.2) is 0 Å². The Morgan fingerprint density at radius 2 is 1.79 bits per heavy atom. The topological polar surface area (TPSA) is 49.4 Å². The van der Waals surface area contributed by atoms with E-state index in [2.05, 4.69) is 20.7 Å². The highest BCUT2D eigenvalue weighted by Crippen LogP contribution is 2.27. The highest BCUT2D eigenvalue weighted by atomic mass is 79.9. The summed E-state index contributed by atoms with van der Waals surface area (Å²) in [5.74, 6) is 0. The number of rotatable bonds is 3. The maximum Gasteiger partial charge on any atom is 0.301 e. The van der Waals surface area contributed by atoms with Crippen molar-refractivity contribution in [1.29, 1.82) is 0 Å². The molecule has 0 unspecified atom stereocenters. The number of anilines is 1. The van der Waals surface area contributed by atoms with Gasteiger partial charge in [-0.15, -0.1) is 0 Å². The Morgan fingerprint density at radius 3 is 2.42 bits per heavy atom. The molecular formula is C13H19BrN2O2S. The molecule has 2 rings (SSSR count). The highest BCUT2D eigenvalue weighted by molar-refractivity contribution is 9.10. The van der Waals surface area contributed by atoms with Crippen LogP contribution in [0.15, 0.2) is 22.7 Å². The fraction of sp³-hybridized carbons (Fsp3) is 0.538. The number of nitrogens with zero attached hydrogens (tertiary/aromatic N) is 1. The molecular weight excluding hydrogens is 328 g/mol. The lowest BCUT2D eigenvalue weighted by Gasteiger charge is -2.21. The monoisotopic (exact) mass is 346 g/mol. The van der Waals surface area contributed by atoms with Gasteiger partial charge >= 0.3 is 10.2 Å². The van der Waals surface area contributed by atoms with Gasteiger partial charge in [0.05, 0.1) is 5.69 Å². The number of nitrogens with one attached hydrogen (secondary N) is 1. The van der Waals surface area contributed by atoms with Crippen molar-refractivity contribution in [3.8, 4) is 0 Å². The Morgan fingerprint density at radius 1 is 1.16 bits per heavy atom. The number of halogens is 1. The summed E-state index contributed by atoms with van der Waals surface area (Å²) in [5, 5.41) is 0. The smallest absolute Gasteiger partial charge is 0.270 e. The third-order valence-corrected chi connectivity index (χ3v) is 5.91. The second kappa shape index (κ2) is 6.24. The summed E-state index contributed by atoms with van der Waals surface area (Å²) in [7, 11) is -3.45. The first-order valence-corrected chi connectivity index (χ1v) is 8.77. The summed E-state index contributed by atoms with van der Waals surface area (Å²) in [4.78, 5) is 0. The highest BCUT2D eigenvalue weighted by Gasteiger charge is 2.23. The zero-order chi connectivity index (χ0) is 13.9. The summed E-state index contributed by atoms with van der Waals surface area (Å²) < 4.78 is 29.8. The molecule has 0 aromatic heterocycles. The molecule has 0 bridgehead atoms. The van der Waals surface area contributed by atoms with Crippen LogP contribution in [0.4, 0.5) is 5.69 Å². The minimum absolute atomic E-state index is 0.601. The average Bonchev–Trinajstić information content (AvgIpc) is 2.64. The molecule has 6 heteroatoms. The van der Waals surface area contributed by atoms with Crippen LogP contribution in [0.2, 0.25) is 0 Å². The van der Waals surface area contributed by atoms with Crippen LogP contribution >= 0.6 is 15.9 Å². The molecule has 1 aromatic rings. The Balaban J connectivity index is 2.18. The van der Waals surface area contributed by atoms with Crippen LogP contribution in [-0.4, -0.2) is 25.8 Å². The maximum atomic E-state index is 12.4. The summed E-state index contributed by atoms with van der Waals surface area (Å²) in [6, 6.07) is 5.56. The fourth-order valence-corrected chi connectivity index (χ4v) is 4.02. The van der Waals surface area contributed by atoms with Crippen LogP contribution in [0, 0.1) is 6.92 Å². The summed E-state index contributed by atoms with van der Waals surface area (Å²) in [6.07, 6.45) is 4.10. The second-order valence-electron chi connectivity index (χ2n) is 4.86. The van der Waals surface area contributed by atoms with E-state index in [0.29, 0.717) is 18.8 Å². The zero-order valence-corrected chi connectivity index (χ0v) is 13.4. The number of hydrogen-bond acceptors (Lipinski definition) is 2. The molecule has 1 fully saturated rings. The van der Waals surface area contributed by atoms with E-state index in [1.165, 1.54) is 0 Å². The van der Waals surface area contributed by atoms with Gasteiger partial charge in [-0.2, -0.15) is 12.7 Å². The van der Waals surface area contributed by atoms with E-state index in [9.17, 15) is 8.42 Å². The molecule has 1 aliphatic heterocycles. The zero-order valence-electron chi connectivity index (χ0n) is 11.0. The Labute approximate surface area is 123 Å². The molecule has 0 amide bonds. The molecule has 0 spiro atoms. The summed E-state index contributed by atoms with van der Waals surface area (Å²) in [6.45, 7) is 3.16. The van der Waals surface area contributed by atoms with Crippen LogP contribution in [-0.2, 0) is 10.2 Å². The van der Waals surface area contributed by atoms with E-state index >= 15 is 0 Å². The van der Waals surface area contributed by atoms with E-state index in [0.717, 1.165) is 35.7 Å². The average molecular weight is 347 g/mol. The second-order valence-corrected chi connectivity index (χ2v) is 7.32. The maximum absolute atomic E-state index is 12.4. The van der Waals surface area contributed by atoms with Crippen LogP contribution < -0.4 is 4.72 Å². The predicted octanol–water partition coefficient (Wildman–Crippen LogP) is 3.29. The predicted molar refractivity (Wildman–Crippen MR) is 81.5 cm³/mol. The quantitative estimate of drug-likeness (QED) is 0.912. The van der Waals surface area contributed by atoms with Crippen molar-refractivity contribution in [2.24, 2.45) is 0 Å². The molecule has 0 saturated carbocycles. The van der Waals surface area contributed by atoms with Crippen molar-refractivity contribution in [3.63, 3.8) is 0 Å². The first kappa shape index (κ1) is 14.8. The van der Waals surface area contributed by atoms with Crippen LogP contribution in [0.3, 0.4) is 0 Å². The lowest BCUT2D eigenvalue weighted by atomic mass is 10.2.